The minimum absolute atomic E-state index is 0.0711. The molecule has 0 saturated heterocycles. The van der Waals surface area contributed by atoms with Gasteiger partial charge in [-0.2, -0.15) is 0 Å². The Morgan fingerprint density at radius 2 is 2.00 bits per heavy atom. The Morgan fingerprint density at radius 3 is 2.60 bits per heavy atom. The van der Waals surface area contributed by atoms with Crippen LogP contribution in [0.4, 0.5) is 0 Å². The molecule has 0 aliphatic rings. The number of benzene rings is 1. The highest BCUT2D eigenvalue weighted by Crippen LogP contribution is 2.21. The van der Waals surface area contributed by atoms with Crippen LogP contribution in [0.2, 0.25) is 0 Å². The van der Waals surface area contributed by atoms with Crippen molar-refractivity contribution in [1.82, 2.24) is 4.98 Å². The van der Waals surface area contributed by atoms with Crippen LogP contribution < -0.4 is 4.74 Å². The van der Waals surface area contributed by atoms with Gasteiger partial charge in [0.1, 0.15) is 12.0 Å². The molecule has 106 valence electrons. The zero-order valence-corrected chi connectivity index (χ0v) is 11.8. The van der Waals surface area contributed by atoms with E-state index in [-0.39, 0.29) is 11.6 Å². The highest BCUT2D eigenvalue weighted by molar-refractivity contribution is 5.86. The molecule has 5 nitrogen and oxygen atoms in total. The minimum Gasteiger partial charge on any atom is -0.497 e. The molecule has 20 heavy (non-hydrogen) atoms. The third-order valence-electron chi connectivity index (χ3n) is 3.04. The van der Waals surface area contributed by atoms with Crippen LogP contribution in [0, 0.1) is 0 Å². The Kier molecular flexibility index (Phi) is 4.40. The maximum Gasteiger partial charge on any atom is 0.360 e. The molecule has 0 saturated carbocycles. The predicted octanol–water partition coefficient (Wildman–Crippen LogP) is 2.82. The number of nitrogens with zero attached hydrogens (tertiary/aromatic N) is 1. The van der Waals surface area contributed by atoms with Crippen molar-refractivity contribution in [3.63, 3.8) is 0 Å². The molecular weight excluding hydrogens is 258 g/mol. The summed E-state index contributed by atoms with van der Waals surface area (Å²) in [6.07, 6.45) is 2.09. The van der Waals surface area contributed by atoms with E-state index >= 15 is 0 Å². The molecule has 0 aliphatic carbocycles. The molecule has 2 rings (SSSR count). The van der Waals surface area contributed by atoms with Gasteiger partial charge in [0.05, 0.1) is 14.2 Å². The van der Waals surface area contributed by atoms with Gasteiger partial charge in [-0.1, -0.05) is 19.1 Å². The van der Waals surface area contributed by atoms with E-state index in [1.165, 1.54) is 13.4 Å². The number of aromatic nitrogens is 1. The molecule has 1 aromatic heterocycles. The summed E-state index contributed by atoms with van der Waals surface area (Å²) in [5.41, 5.74) is 1.35. The second-order valence-electron chi connectivity index (χ2n) is 4.52. The number of methoxy groups -OCH3 is 2. The summed E-state index contributed by atoms with van der Waals surface area (Å²) in [6, 6.07) is 7.83. The van der Waals surface area contributed by atoms with Gasteiger partial charge in [-0.05, 0) is 24.1 Å². The van der Waals surface area contributed by atoms with Crippen molar-refractivity contribution in [3.05, 3.63) is 47.7 Å². The van der Waals surface area contributed by atoms with Crippen LogP contribution >= 0.6 is 0 Å². The fourth-order valence-electron chi connectivity index (χ4n) is 1.91. The Bertz CT molecular complexity index is 574. The smallest absolute Gasteiger partial charge is 0.360 e. The highest BCUT2D eigenvalue weighted by Gasteiger charge is 2.17. The van der Waals surface area contributed by atoms with Crippen LogP contribution in [0.25, 0.3) is 0 Å². The van der Waals surface area contributed by atoms with E-state index < -0.39 is 5.97 Å². The molecule has 0 radical (unpaired) electrons. The Balaban J connectivity index is 2.05. The second-order valence-corrected chi connectivity index (χ2v) is 4.52. The van der Waals surface area contributed by atoms with Gasteiger partial charge in [-0.3, -0.25) is 0 Å². The first kappa shape index (κ1) is 14.1. The van der Waals surface area contributed by atoms with E-state index in [0.29, 0.717) is 5.89 Å². The Hall–Kier alpha value is -2.30. The normalized spacial score (nSPS) is 11.9. The molecule has 1 heterocycles. The first-order valence-electron chi connectivity index (χ1n) is 6.30. The van der Waals surface area contributed by atoms with Gasteiger partial charge in [0.25, 0.3) is 0 Å². The van der Waals surface area contributed by atoms with E-state index in [4.69, 9.17) is 9.15 Å². The maximum absolute atomic E-state index is 11.3. The molecule has 1 atom stereocenters. The van der Waals surface area contributed by atoms with Gasteiger partial charge in [-0.25, -0.2) is 9.78 Å². The lowest BCUT2D eigenvalue weighted by Gasteiger charge is -2.08. The topological polar surface area (TPSA) is 61.6 Å². The number of ether oxygens (including phenoxy) is 2. The summed E-state index contributed by atoms with van der Waals surface area (Å²) in [7, 11) is 2.95. The van der Waals surface area contributed by atoms with E-state index in [1.807, 2.05) is 31.2 Å². The zero-order valence-electron chi connectivity index (χ0n) is 11.8. The van der Waals surface area contributed by atoms with Gasteiger partial charge in [0, 0.05) is 5.92 Å². The van der Waals surface area contributed by atoms with Crippen molar-refractivity contribution < 1.29 is 18.7 Å². The zero-order chi connectivity index (χ0) is 14.5. The van der Waals surface area contributed by atoms with Crippen LogP contribution in [-0.2, 0) is 11.2 Å². The maximum atomic E-state index is 11.3. The molecule has 1 aromatic carbocycles. The lowest BCUT2D eigenvalue weighted by molar-refractivity contribution is 0.0594. The number of hydrogen-bond donors (Lipinski definition) is 0. The van der Waals surface area contributed by atoms with Crippen LogP contribution in [0.3, 0.4) is 0 Å². The van der Waals surface area contributed by atoms with Gasteiger partial charge in [0.15, 0.2) is 11.6 Å². The first-order valence-corrected chi connectivity index (χ1v) is 6.30. The Morgan fingerprint density at radius 1 is 1.30 bits per heavy atom. The van der Waals surface area contributed by atoms with Gasteiger partial charge >= 0.3 is 5.97 Å². The van der Waals surface area contributed by atoms with Crippen molar-refractivity contribution in [3.8, 4) is 5.75 Å². The average molecular weight is 275 g/mol. The SMILES string of the molecule is COC(=O)c1coc(C(C)Cc2ccc(OC)cc2)n1. The quantitative estimate of drug-likeness (QED) is 0.785. The second kappa shape index (κ2) is 6.23. The molecule has 5 heteroatoms. The summed E-state index contributed by atoms with van der Waals surface area (Å²) in [6.45, 7) is 2.00. The lowest BCUT2D eigenvalue weighted by atomic mass is 10.0. The highest BCUT2D eigenvalue weighted by atomic mass is 16.5. The van der Waals surface area contributed by atoms with Crippen molar-refractivity contribution in [2.75, 3.05) is 14.2 Å². The summed E-state index contributed by atoms with van der Waals surface area (Å²) >= 11 is 0. The van der Waals surface area contributed by atoms with E-state index in [0.717, 1.165) is 17.7 Å². The van der Waals surface area contributed by atoms with Gasteiger partial charge < -0.3 is 13.9 Å². The summed E-state index contributed by atoms with van der Waals surface area (Å²) in [4.78, 5) is 15.5. The largest absolute Gasteiger partial charge is 0.497 e. The molecule has 0 bridgehead atoms. The summed E-state index contributed by atoms with van der Waals surface area (Å²) in [5.74, 6) is 0.935. The molecule has 2 aromatic rings. The van der Waals surface area contributed by atoms with E-state index in [2.05, 4.69) is 9.72 Å². The molecule has 0 N–H and O–H groups in total. The van der Waals surface area contributed by atoms with Crippen LogP contribution in [0.1, 0.15) is 34.8 Å². The monoisotopic (exact) mass is 275 g/mol. The summed E-state index contributed by atoms with van der Waals surface area (Å²) in [5, 5.41) is 0. The van der Waals surface area contributed by atoms with Crippen molar-refractivity contribution in [2.45, 2.75) is 19.3 Å². The van der Waals surface area contributed by atoms with Crippen molar-refractivity contribution >= 4 is 5.97 Å². The molecule has 0 fully saturated rings. The fourth-order valence-corrected chi connectivity index (χ4v) is 1.91. The number of hydrogen-bond acceptors (Lipinski definition) is 5. The number of oxazole rings is 1. The minimum atomic E-state index is -0.489. The van der Waals surface area contributed by atoms with E-state index in [9.17, 15) is 4.79 Å². The summed E-state index contributed by atoms with van der Waals surface area (Å²) < 4.78 is 15.0. The number of esters is 1. The molecule has 1 unspecified atom stereocenters. The van der Waals surface area contributed by atoms with E-state index in [1.54, 1.807) is 7.11 Å². The molecule has 0 amide bonds. The third kappa shape index (κ3) is 3.17. The first-order chi connectivity index (χ1) is 9.63. The third-order valence-corrected chi connectivity index (χ3v) is 3.04. The molecular formula is C15H17NO4. The molecule has 0 aliphatic heterocycles. The Labute approximate surface area is 117 Å². The van der Waals surface area contributed by atoms with Gasteiger partial charge in [0.2, 0.25) is 0 Å². The van der Waals surface area contributed by atoms with Crippen LogP contribution in [0.15, 0.2) is 34.9 Å². The number of rotatable bonds is 5. The van der Waals surface area contributed by atoms with Crippen molar-refractivity contribution in [2.24, 2.45) is 0 Å². The predicted molar refractivity (Wildman–Crippen MR) is 73.0 cm³/mol. The average Bonchev–Trinajstić information content (AvgIpc) is 2.97. The van der Waals surface area contributed by atoms with Crippen molar-refractivity contribution in [1.29, 1.82) is 0 Å². The number of carbonyl (C=O) groups excluding carboxylic acids is 1. The fraction of sp³-hybridized carbons (Fsp3) is 0.333. The van der Waals surface area contributed by atoms with Gasteiger partial charge in [-0.15, -0.1) is 0 Å². The standard InChI is InChI=1S/C15H17NO4/c1-10(8-11-4-6-12(18-2)7-5-11)14-16-13(9-20-14)15(17)19-3/h4-7,9-10H,8H2,1-3H3. The van der Waals surface area contributed by atoms with Crippen LogP contribution in [-0.4, -0.2) is 25.2 Å². The number of carbonyl (C=O) groups is 1. The van der Waals surface area contributed by atoms with Crippen LogP contribution in [0.5, 0.6) is 5.75 Å². The lowest BCUT2D eigenvalue weighted by Crippen LogP contribution is -2.03. The molecule has 0 spiro atoms.